The van der Waals surface area contributed by atoms with Crippen molar-refractivity contribution in [2.24, 2.45) is 0 Å². The third kappa shape index (κ3) is 23.6. The lowest BCUT2D eigenvalue weighted by molar-refractivity contribution is 0.403. The summed E-state index contributed by atoms with van der Waals surface area (Å²) in [6, 6.07) is 0. The minimum absolute atomic E-state index is 0.557. The Hall–Kier alpha value is 0.490. The van der Waals surface area contributed by atoms with E-state index in [0.29, 0.717) is 11.8 Å². The highest BCUT2D eigenvalue weighted by molar-refractivity contribution is 7.85. The first-order chi connectivity index (χ1) is 4.47. The van der Waals surface area contributed by atoms with Crippen molar-refractivity contribution in [1.29, 1.82) is 0 Å². The zero-order valence-corrected chi connectivity index (χ0v) is 8.13. The second-order valence-corrected chi connectivity index (χ2v) is 3.75. The van der Waals surface area contributed by atoms with Gasteiger partial charge in [-0.15, -0.1) is 23.2 Å². The highest BCUT2D eigenvalue weighted by atomic mass is 35.5. The highest BCUT2D eigenvalue weighted by Crippen LogP contribution is 1.76. The van der Waals surface area contributed by atoms with Gasteiger partial charge in [0.1, 0.15) is 0 Å². The van der Waals surface area contributed by atoms with Gasteiger partial charge in [-0.2, -0.15) is 8.42 Å². The fourth-order valence-corrected chi connectivity index (χ4v) is 0. The molecule has 0 unspecified atom stereocenters. The van der Waals surface area contributed by atoms with Crippen LogP contribution in [0.15, 0.2) is 0 Å². The molecule has 64 valence electrons. The summed E-state index contributed by atoms with van der Waals surface area (Å²) in [6.45, 7) is 0. The molecule has 0 saturated heterocycles. The van der Waals surface area contributed by atoms with Crippen molar-refractivity contribution in [2.75, 3.05) is 25.1 Å². The summed E-state index contributed by atoms with van der Waals surface area (Å²) in [5.41, 5.74) is 0. The lowest BCUT2D eigenvalue weighted by Gasteiger charge is -1.84. The Balaban J connectivity index is 0. The van der Waals surface area contributed by atoms with Crippen LogP contribution >= 0.6 is 23.2 Å². The van der Waals surface area contributed by atoms with Crippen LogP contribution in [0.25, 0.3) is 0 Å². The second-order valence-electron chi connectivity index (χ2n) is 1.25. The minimum atomic E-state index is -3.16. The first kappa shape index (κ1) is 13.1. The lowest BCUT2D eigenvalue weighted by atomic mass is 11.0. The number of alkyl halides is 2. The summed E-state index contributed by atoms with van der Waals surface area (Å²) >= 11 is 10.1. The van der Waals surface area contributed by atoms with E-state index in [4.69, 9.17) is 23.2 Å². The molecule has 0 atom stereocenters. The van der Waals surface area contributed by atoms with Gasteiger partial charge in [0.2, 0.25) is 0 Å². The minimum Gasteiger partial charge on any atom is -0.274 e. The van der Waals surface area contributed by atoms with Crippen molar-refractivity contribution in [3.8, 4) is 0 Å². The summed E-state index contributed by atoms with van der Waals surface area (Å²) in [4.78, 5) is 0. The van der Waals surface area contributed by atoms with Gasteiger partial charge in [-0.05, 0) is 0 Å². The van der Waals surface area contributed by atoms with E-state index < -0.39 is 10.1 Å². The summed E-state index contributed by atoms with van der Waals surface area (Å²) in [5, 5.41) is 0. The fraction of sp³-hybridized carbons (Fsp3) is 1.00. The van der Waals surface area contributed by atoms with Gasteiger partial charge in [0, 0.05) is 11.8 Å². The molecule has 0 saturated carbocycles. The van der Waals surface area contributed by atoms with Crippen molar-refractivity contribution in [3.05, 3.63) is 0 Å². The van der Waals surface area contributed by atoms with E-state index in [2.05, 4.69) is 4.18 Å². The summed E-state index contributed by atoms with van der Waals surface area (Å²) in [7, 11) is -2.04. The molecule has 0 heterocycles. The van der Waals surface area contributed by atoms with Crippen LogP contribution in [0, 0.1) is 0 Å². The number of hydrogen-bond donors (Lipinski definition) is 0. The van der Waals surface area contributed by atoms with Gasteiger partial charge in [-0.3, -0.25) is 4.18 Å². The van der Waals surface area contributed by atoms with Gasteiger partial charge in [0.25, 0.3) is 10.1 Å². The fourth-order valence-electron chi connectivity index (χ4n) is 0. The van der Waals surface area contributed by atoms with Gasteiger partial charge in [-0.25, -0.2) is 0 Å². The molecular formula is C4H10Cl2O3S. The Bertz CT molecular complexity index is 141. The molecule has 0 amide bonds. The third-order valence-corrected chi connectivity index (χ3v) is 1.55. The van der Waals surface area contributed by atoms with E-state index in [1.807, 2.05) is 0 Å². The molecule has 0 aliphatic carbocycles. The normalized spacial score (nSPS) is 10.0. The van der Waals surface area contributed by atoms with Crippen LogP contribution in [-0.4, -0.2) is 33.5 Å². The maximum Gasteiger partial charge on any atom is 0.264 e. The predicted molar refractivity (Wildman–Crippen MR) is 43.3 cm³/mol. The van der Waals surface area contributed by atoms with Crippen LogP contribution in [0.4, 0.5) is 0 Å². The maximum atomic E-state index is 9.78. The van der Waals surface area contributed by atoms with E-state index >= 15 is 0 Å². The van der Waals surface area contributed by atoms with Gasteiger partial charge < -0.3 is 0 Å². The van der Waals surface area contributed by atoms with Crippen molar-refractivity contribution in [2.45, 2.75) is 0 Å². The average molecular weight is 209 g/mol. The summed E-state index contributed by atoms with van der Waals surface area (Å²) in [6.07, 6.45) is 0.993. The Morgan fingerprint density at radius 2 is 1.50 bits per heavy atom. The first-order valence-corrected chi connectivity index (χ1v) is 5.24. The molecule has 0 fully saturated rings. The number of rotatable bonds is 2. The summed E-state index contributed by atoms with van der Waals surface area (Å²) < 4.78 is 23.5. The second kappa shape index (κ2) is 7.60. The van der Waals surface area contributed by atoms with E-state index in [1.54, 1.807) is 0 Å². The molecule has 0 aliphatic rings. The van der Waals surface area contributed by atoms with Crippen LogP contribution in [0.1, 0.15) is 0 Å². The molecule has 0 spiro atoms. The molecule has 0 bridgehead atoms. The SMILES string of the molecule is COS(C)(=O)=O.ClCCCl. The Morgan fingerprint density at radius 1 is 1.30 bits per heavy atom. The quantitative estimate of drug-likeness (QED) is 0.504. The van der Waals surface area contributed by atoms with Gasteiger partial charge in [0.15, 0.2) is 0 Å². The number of hydrogen-bond acceptors (Lipinski definition) is 3. The maximum absolute atomic E-state index is 9.78. The topological polar surface area (TPSA) is 43.4 Å². The molecule has 0 aromatic heterocycles. The lowest BCUT2D eigenvalue weighted by Crippen LogP contribution is -1.95. The summed E-state index contributed by atoms with van der Waals surface area (Å²) in [5.74, 6) is 1.11. The van der Waals surface area contributed by atoms with Crippen LogP contribution < -0.4 is 0 Å². The predicted octanol–water partition coefficient (Wildman–Crippen LogP) is 1.06. The van der Waals surface area contributed by atoms with Crippen molar-refractivity contribution < 1.29 is 12.6 Å². The van der Waals surface area contributed by atoms with Crippen molar-refractivity contribution in [3.63, 3.8) is 0 Å². The average Bonchev–Trinajstić information content (AvgIpc) is 1.87. The molecule has 6 heteroatoms. The smallest absolute Gasteiger partial charge is 0.264 e. The van der Waals surface area contributed by atoms with Crippen LogP contribution in [0.2, 0.25) is 0 Å². The zero-order chi connectivity index (χ0) is 8.62. The van der Waals surface area contributed by atoms with E-state index in [9.17, 15) is 8.42 Å². The Kier molecular flexibility index (Phi) is 9.96. The first-order valence-electron chi connectivity index (χ1n) is 2.35. The molecule has 0 rings (SSSR count). The molecule has 0 aliphatic heterocycles. The zero-order valence-electron chi connectivity index (χ0n) is 5.80. The van der Waals surface area contributed by atoms with E-state index in [1.165, 1.54) is 0 Å². The number of halogens is 2. The molecule has 0 radical (unpaired) electrons. The van der Waals surface area contributed by atoms with E-state index in [-0.39, 0.29) is 0 Å². The van der Waals surface area contributed by atoms with E-state index in [0.717, 1.165) is 13.4 Å². The molecule has 3 nitrogen and oxygen atoms in total. The molecule has 0 aromatic rings. The van der Waals surface area contributed by atoms with Crippen molar-refractivity contribution >= 4 is 33.3 Å². The third-order valence-electron chi connectivity index (χ3n) is 0.374. The van der Waals surface area contributed by atoms with Crippen molar-refractivity contribution in [1.82, 2.24) is 0 Å². The van der Waals surface area contributed by atoms with Gasteiger partial charge in [-0.1, -0.05) is 0 Å². The van der Waals surface area contributed by atoms with Crippen LogP contribution in [0.3, 0.4) is 0 Å². The monoisotopic (exact) mass is 208 g/mol. The van der Waals surface area contributed by atoms with Crippen LogP contribution in [-0.2, 0) is 14.3 Å². The van der Waals surface area contributed by atoms with Gasteiger partial charge >= 0.3 is 0 Å². The molecule has 0 aromatic carbocycles. The Labute approximate surface area is 71.4 Å². The Morgan fingerprint density at radius 3 is 1.50 bits per heavy atom. The highest BCUT2D eigenvalue weighted by Gasteiger charge is 1.90. The van der Waals surface area contributed by atoms with Crippen LogP contribution in [0.5, 0.6) is 0 Å². The molecule has 0 N–H and O–H groups in total. The van der Waals surface area contributed by atoms with Gasteiger partial charge in [0.05, 0.1) is 13.4 Å². The largest absolute Gasteiger partial charge is 0.274 e. The molecule has 10 heavy (non-hydrogen) atoms. The standard InChI is InChI=1S/C2H4Cl2.C2H6O3S/c3-1-2-4;1-5-6(2,3)4/h1-2H2;1-2H3. The molecular weight excluding hydrogens is 199 g/mol.